The zero-order valence-corrected chi connectivity index (χ0v) is 14.5. The number of aromatic nitrogens is 2. The Hall–Kier alpha value is -2.21. The lowest BCUT2D eigenvalue weighted by molar-refractivity contribution is -0.115. The summed E-state index contributed by atoms with van der Waals surface area (Å²) in [6, 6.07) is 4.18. The minimum atomic E-state index is -0.115. The average molecular weight is 329 g/mol. The summed E-state index contributed by atoms with van der Waals surface area (Å²) in [5.41, 5.74) is 4.20. The van der Waals surface area contributed by atoms with Crippen LogP contribution in [0.5, 0.6) is 0 Å². The fourth-order valence-electron chi connectivity index (χ4n) is 2.69. The van der Waals surface area contributed by atoms with E-state index in [9.17, 15) is 4.79 Å². The maximum atomic E-state index is 12.2. The van der Waals surface area contributed by atoms with Gasteiger partial charge in [-0.1, -0.05) is 25.2 Å². The molecule has 1 aromatic carbocycles. The first-order chi connectivity index (χ1) is 10.9. The largest absolute Gasteiger partial charge is 0.464 e. The van der Waals surface area contributed by atoms with Crippen molar-refractivity contribution in [2.75, 3.05) is 5.32 Å². The van der Waals surface area contributed by atoms with E-state index < -0.39 is 0 Å². The second-order valence-electron chi connectivity index (χ2n) is 5.97. The molecule has 6 heteroatoms. The van der Waals surface area contributed by atoms with Crippen LogP contribution in [0, 0.1) is 13.8 Å². The maximum Gasteiger partial charge on any atom is 0.230 e. The van der Waals surface area contributed by atoms with Crippen LogP contribution in [-0.2, 0) is 11.2 Å². The molecule has 2 heterocycles. The Balaban J connectivity index is 1.85. The molecular weight excluding hydrogens is 310 g/mol. The van der Waals surface area contributed by atoms with Crippen molar-refractivity contribution in [3.63, 3.8) is 0 Å². The molecule has 0 spiro atoms. The van der Waals surface area contributed by atoms with Gasteiger partial charge in [-0.25, -0.2) is 0 Å². The summed E-state index contributed by atoms with van der Waals surface area (Å²) in [6.45, 7) is 8.27. The molecule has 23 heavy (non-hydrogen) atoms. The molecular formula is C17H19N3O2S. The number of furan rings is 1. The molecule has 1 amide bonds. The number of carbonyl (C=O) groups is 1. The predicted octanol–water partition coefficient (Wildman–Crippen LogP) is 4.21. The Morgan fingerprint density at radius 3 is 2.74 bits per heavy atom. The van der Waals surface area contributed by atoms with Crippen molar-refractivity contribution in [1.29, 1.82) is 0 Å². The quantitative estimate of drug-likeness (QED) is 0.778. The van der Waals surface area contributed by atoms with Crippen molar-refractivity contribution >= 4 is 33.3 Å². The molecule has 0 saturated carbocycles. The Bertz CT molecular complexity index is 864. The van der Waals surface area contributed by atoms with E-state index in [1.807, 2.05) is 13.0 Å². The summed E-state index contributed by atoms with van der Waals surface area (Å²) >= 11 is 1.36. The van der Waals surface area contributed by atoms with Crippen molar-refractivity contribution in [3.05, 3.63) is 40.1 Å². The van der Waals surface area contributed by atoms with Crippen LogP contribution in [0.3, 0.4) is 0 Å². The molecule has 0 bridgehead atoms. The smallest absolute Gasteiger partial charge is 0.230 e. The van der Waals surface area contributed by atoms with Crippen LogP contribution in [0.25, 0.3) is 11.0 Å². The Morgan fingerprint density at radius 1 is 1.30 bits per heavy atom. The van der Waals surface area contributed by atoms with Gasteiger partial charge in [-0.15, -0.1) is 10.2 Å². The van der Waals surface area contributed by atoms with Gasteiger partial charge in [0.05, 0.1) is 12.7 Å². The van der Waals surface area contributed by atoms with Crippen LogP contribution < -0.4 is 5.32 Å². The third-order valence-corrected chi connectivity index (χ3v) is 4.54. The van der Waals surface area contributed by atoms with Gasteiger partial charge >= 0.3 is 0 Å². The van der Waals surface area contributed by atoms with Gasteiger partial charge in [-0.2, -0.15) is 0 Å². The summed E-state index contributed by atoms with van der Waals surface area (Å²) in [6.07, 6.45) is 1.92. The summed E-state index contributed by atoms with van der Waals surface area (Å²) in [5, 5.41) is 12.9. The van der Waals surface area contributed by atoms with E-state index in [1.54, 1.807) is 6.26 Å². The average Bonchev–Trinajstić information content (AvgIpc) is 3.04. The molecule has 0 saturated heterocycles. The van der Waals surface area contributed by atoms with Gasteiger partial charge in [-0.3, -0.25) is 4.79 Å². The van der Waals surface area contributed by atoms with E-state index in [2.05, 4.69) is 42.4 Å². The fraction of sp³-hybridized carbons (Fsp3) is 0.353. The molecule has 5 nitrogen and oxygen atoms in total. The number of hydrogen-bond acceptors (Lipinski definition) is 5. The first kappa shape index (κ1) is 15.7. The highest BCUT2D eigenvalue weighted by atomic mass is 32.1. The first-order valence-corrected chi connectivity index (χ1v) is 8.36. The number of nitrogens with one attached hydrogen (secondary N) is 1. The lowest BCUT2D eigenvalue weighted by atomic mass is 9.95. The molecule has 0 radical (unpaired) electrons. The summed E-state index contributed by atoms with van der Waals surface area (Å²) in [5.74, 6) is 0.316. The van der Waals surface area contributed by atoms with E-state index in [0.717, 1.165) is 21.5 Å². The highest BCUT2D eigenvalue weighted by Gasteiger charge is 2.15. The molecule has 0 unspecified atom stereocenters. The van der Waals surface area contributed by atoms with Gasteiger partial charge < -0.3 is 9.73 Å². The highest BCUT2D eigenvalue weighted by Crippen LogP contribution is 2.29. The number of fused-ring (bicyclic) bond motifs is 1. The zero-order valence-electron chi connectivity index (χ0n) is 13.6. The van der Waals surface area contributed by atoms with E-state index in [4.69, 9.17) is 4.42 Å². The lowest BCUT2D eigenvalue weighted by Crippen LogP contribution is -2.14. The van der Waals surface area contributed by atoms with E-state index in [1.165, 1.54) is 22.5 Å². The number of amides is 1. The molecule has 0 aliphatic heterocycles. The van der Waals surface area contributed by atoms with Gasteiger partial charge in [0.1, 0.15) is 10.6 Å². The number of rotatable bonds is 4. The van der Waals surface area contributed by atoms with Gasteiger partial charge in [0.15, 0.2) is 0 Å². The number of nitrogens with zero attached hydrogens (tertiary/aromatic N) is 2. The molecule has 0 aliphatic carbocycles. The lowest BCUT2D eigenvalue weighted by Gasteiger charge is -2.09. The van der Waals surface area contributed by atoms with E-state index in [0.29, 0.717) is 11.0 Å². The third kappa shape index (κ3) is 3.27. The van der Waals surface area contributed by atoms with Crippen LogP contribution in [-0.4, -0.2) is 16.1 Å². The zero-order chi connectivity index (χ0) is 16.6. The summed E-state index contributed by atoms with van der Waals surface area (Å²) in [4.78, 5) is 12.2. The molecule has 1 N–H and O–H groups in total. The predicted molar refractivity (Wildman–Crippen MR) is 92.0 cm³/mol. The maximum absolute atomic E-state index is 12.2. The molecule has 0 atom stereocenters. The van der Waals surface area contributed by atoms with E-state index >= 15 is 0 Å². The Morgan fingerprint density at radius 2 is 2.09 bits per heavy atom. The molecule has 120 valence electrons. The first-order valence-electron chi connectivity index (χ1n) is 7.54. The number of anilines is 1. The van der Waals surface area contributed by atoms with Crippen LogP contribution in [0.1, 0.15) is 41.5 Å². The number of carbonyl (C=O) groups excluding carboxylic acids is 1. The fourth-order valence-corrected chi connectivity index (χ4v) is 3.30. The van der Waals surface area contributed by atoms with Gasteiger partial charge in [0.2, 0.25) is 11.0 Å². The minimum Gasteiger partial charge on any atom is -0.464 e. The molecule has 2 aromatic heterocycles. The van der Waals surface area contributed by atoms with Crippen LogP contribution in [0.15, 0.2) is 22.8 Å². The normalized spacial score (nSPS) is 11.3. The number of hydrogen-bond donors (Lipinski definition) is 1. The standard InChI is InChI=1S/C17H19N3O2S/c1-9(2)13-7-14-12(8-22-15(14)5-10(13)3)6-16(21)18-17-20-19-11(4)23-17/h5,7-9H,6H2,1-4H3,(H,18,20,21). The van der Waals surface area contributed by atoms with Gasteiger partial charge in [-0.05, 0) is 43.0 Å². The summed E-state index contributed by atoms with van der Waals surface area (Å²) < 4.78 is 5.61. The second kappa shape index (κ2) is 6.12. The van der Waals surface area contributed by atoms with Crippen molar-refractivity contribution < 1.29 is 9.21 Å². The third-order valence-electron chi connectivity index (χ3n) is 3.79. The van der Waals surface area contributed by atoms with Gasteiger partial charge in [0, 0.05) is 10.9 Å². The van der Waals surface area contributed by atoms with Crippen molar-refractivity contribution in [2.24, 2.45) is 0 Å². The Labute approximate surface area is 138 Å². The van der Waals surface area contributed by atoms with Crippen molar-refractivity contribution in [1.82, 2.24) is 10.2 Å². The number of aryl methyl sites for hydroxylation is 2. The van der Waals surface area contributed by atoms with Crippen LogP contribution in [0.4, 0.5) is 5.13 Å². The SMILES string of the molecule is Cc1nnc(NC(=O)Cc2coc3cc(C)c(C(C)C)cc23)s1. The minimum absolute atomic E-state index is 0.115. The molecule has 3 rings (SSSR count). The monoisotopic (exact) mass is 329 g/mol. The Kier molecular flexibility index (Phi) is 4.17. The topological polar surface area (TPSA) is 68.0 Å². The molecule has 3 aromatic rings. The molecule has 0 aliphatic rings. The van der Waals surface area contributed by atoms with Crippen molar-refractivity contribution in [2.45, 2.75) is 40.0 Å². The summed E-state index contributed by atoms with van der Waals surface area (Å²) in [7, 11) is 0. The van der Waals surface area contributed by atoms with Gasteiger partial charge in [0.25, 0.3) is 0 Å². The van der Waals surface area contributed by atoms with Crippen LogP contribution in [0.2, 0.25) is 0 Å². The number of benzene rings is 1. The second-order valence-corrected chi connectivity index (χ2v) is 7.15. The van der Waals surface area contributed by atoms with Crippen LogP contribution >= 0.6 is 11.3 Å². The van der Waals surface area contributed by atoms with Crippen molar-refractivity contribution in [3.8, 4) is 0 Å². The molecule has 0 fully saturated rings. The highest BCUT2D eigenvalue weighted by molar-refractivity contribution is 7.15. The van der Waals surface area contributed by atoms with E-state index in [-0.39, 0.29) is 12.3 Å².